The molecule has 98 valence electrons. The summed E-state index contributed by atoms with van der Waals surface area (Å²) in [6.07, 6.45) is 0.916. The average Bonchev–Trinajstić information content (AvgIpc) is 2.96. The minimum atomic E-state index is -0.0395. The number of rotatable bonds is 3. The molecule has 19 heavy (non-hydrogen) atoms. The maximum absolute atomic E-state index is 12.6. The van der Waals surface area contributed by atoms with Gasteiger partial charge in [0.2, 0.25) is 0 Å². The zero-order chi connectivity index (χ0) is 13.2. The summed E-state index contributed by atoms with van der Waals surface area (Å²) in [5, 5.41) is 5.53. The quantitative estimate of drug-likeness (QED) is 0.923. The van der Waals surface area contributed by atoms with Crippen molar-refractivity contribution in [3.05, 3.63) is 52.2 Å². The maximum Gasteiger partial charge on any atom is 0.257 e. The molecule has 1 unspecified atom stereocenters. The number of carbonyl (C=O) groups is 1. The highest BCUT2D eigenvalue weighted by Crippen LogP contribution is 2.34. The number of anilines is 1. The van der Waals surface area contributed by atoms with E-state index in [1.54, 1.807) is 11.3 Å². The van der Waals surface area contributed by atoms with Crippen LogP contribution in [0.2, 0.25) is 0 Å². The van der Waals surface area contributed by atoms with E-state index in [1.807, 2.05) is 40.6 Å². The van der Waals surface area contributed by atoms with Gasteiger partial charge in [0.15, 0.2) is 0 Å². The van der Waals surface area contributed by atoms with Crippen LogP contribution in [0.3, 0.4) is 0 Å². The van der Waals surface area contributed by atoms with Crippen molar-refractivity contribution < 1.29 is 4.79 Å². The number of fused-ring (bicyclic) bond motifs is 1. The van der Waals surface area contributed by atoms with Crippen LogP contribution in [0.5, 0.6) is 0 Å². The van der Waals surface area contributed by atoms with Gasteiger partial charge in [-0.2, -0.15) is 0 Å². The lowest BCUT2D eigenvalue weighted by molar-refractivity contribution is 0.0686. The molecule has 1 aliphatic heterocycles. The number of hydrogen-bond donors (Lipinski definition) is 1. The minimum absolute atomic E-state index is 0.0395. The average molecular weight is 272 g/mol. The fourth-order valence-corrected chi connectivity index (χ4v) is 3.22. The van der Waals surface area contributed by atoms with E-state index in [9.17, 15) is 4.79 Å². The molecule has 0 saturated carbocycles. The van der Waals surface area contributed by atoms with Gasteiger partial charge < -0.3 is 10.2 Å². The van der Waals surface area contributed by atoms with Crippen LogP contribution < -0.4 is 5.32 Å². The number of benzene rings is 1. The molecule has 1 N–H and O–H groups in total. The lowest BCUT2D eigenvalue weighted by Gasteiger charge is -2.37. The highest BCUT2D eigenvalue weighted by molar-refractivity contribution is 7.10. The van der Waals surface area contributed by atoms with Gasteiger partial charge in [-0.1, -0.05) is 25.1 Å². The highest BCUT2D eigenvalue weighted by atomic mass is 32.1. The zero-order valence-electron chi connectivity index (χ0n) is 10.8. The first kappa shape index (κ1) is 12.2. The van der Waals surface area contributed by atoms with Gasteiger partial charge >= 0.3 is 0 Å². The Balaban J connectivity index is 2.03. The van der Waals surface area contributed by atoms with Crippen molar-refractivity contribution >= 4 is 22.9 Å². The monoisotopic (exact) mass is 272 g/mol. The maximum atomic E-state index is 12.6. The van der Waals surface area contributed by atoms with E-state index in [1.165, 1.54) is 4.88 Å². The molecule has 1 atom stereocenters. The predicted octanol–water partition coefficient (Wildman–Crippen LogP) is 3.72. The third-order valence-corrected chi connectivity index (χ3v) is 4.22. The second-order valence-electron chi connectivity index (χ2n) is 4.61. The van der Waals surface area contributed by atoms with Gasteiger partial charge in [0.25, 0.3) is 5.91 Å². The summed E-state index contributed by atoms with van der Waals surface area (Å²) in [4.78, 5) is 15.7. The summed E-state index contributed by atoms with van der Waals surface area (Å²) < 4.78 is 0. The molecule has 3 rings (SSSR count). The van der Waals surface area contributed by atoms with E-state index in [0.717, 1.165) is 24.2 Å². The molecular formula is C15H16N2OS. The van der Waals surface area contributed by atoms with Crippen LogP contribution in [0.4, 0.5) is 5.69 Å². The molecule has 1 aromatic heterocycles. The van der Waals surface area contributed by atoms with Gasteiger partial charge in [-0.25, -0.2) is 0 Å². The van der Waals surface area contributed by atoms with E-state index < -0.39 is 0 Å². The molecule has 0 spiro atoms. The fraction of sp³-hybridized carbons (Fsp3) is 0.267. The van der Waals surface area contributed by atoms with Crippen LogP contribution in [0.15, 0.2) is 41.8 Å². The summed E-state index contributed by atoms with van der Waals surface area (Å²) in [5.74, 6) is 0.120. The molecule has 2 heterocycles. The van der Waals surface area contributed by atoms with Crippen LogP contribution in [0.25, 0.3) is 0 Å². The van der Waals surface area contributed by atoms with Crippen molar-refractivity contribution in [2.75, 3.05) is 11.9 Å². The lowest BCUT2D eigenvalue weighted by atomic mass is 10.1. The molecule has 1 aromatic carbocycles. The topological polar surface area (TPSA) is 32.3 Å². The summed E-state index contributed by atoms with van der Waals surface area (Å²) >= 11 is 1.68. The summed E-state index contributed by atoms with van der Waals surface area (Å²) in [5.41, 5.74) is 1.70. The number of nitrogens with zero attached hydrogens (tertiary/aromatic N) is 1. The summed E-state index contributed by atoms with van der Waals surface area (Å²) in [7, 11) is 0. The van der Waals surface area contributed by atoms with Crippen molar-refractivity contribution in [3.63, 3.8) is 0 Å². The Morgan fingerprint density at radius 1 is 1.26 bits per heavy atom. The third-order valence-electron chi connectivity index (χ3n) is 3.30. The van der Waals surface area contributed by atoms with Crippen molar-refractivity contribution in [2.45, 2.75) is 19.5 Å². The Morgan fingerprint density at radius 2 is 2.11 bits per heavy atom. The van der Waals surface area contributed by atoms with Crippen LogP contribution in [0.1, 0.15) is 34.7 Å². The second kappa shape index (κ2) is 5.05. The van der Waals surface area contributed by atoms with E-state index in [4.69, 9.17) is 0 Å². The molecule has 0 aliphatic carbocycles. The Morgan fingerprint density at radius 3 is 2.84 bits per heavy atom. The van der Waals surface area contributed by atoms with Crippen molar-refractivity contribution in [1.82, 2.24) is 4.90 Å². The lowest BCUT2D eigenvalue weighted by Crippen LogP contribution is -2.42. The molecule has 4 heteroatoms. The van der Waals surface area contributed by atoms with E-state index in [-0.39, 0.29) is 12.1 Å². The zero-order valence-corrected chi connectivity index (χ0v) is 11.6. The molecule has 1 amide bonds. The van der Waals surface area contributed by atoms with Crippen LogP contribution >= 0.6 is 11.3 Å². The van der Waals surface area contributed by atoms with Gasteiger partial charge in [-0.3, -0.25) is 4.79 Å². The Bertz CT molecular complexity index is 580. The molecule has 3 nitrogen and oxygen atoms in total. The van der Waals surface area contributed by atoms with Crippen molar-refractivity contribution in [2.24, 2.45) is 0 Å². The summed E-state index contributed by atoms with van der Waals surface area (Å²) in [6.45, 7) is 2.86. The molecular weight excluding hydrogens is 256 g/mol. The first-order valence-electron chi connectivity index (χ1n) is 6.51. The Kier molecular flexibility index (Phi) is 3.25. The van der Waals surface area contributed by atoms with Gasteiger partial charge in [0.1, 0.15) is 6.17 Å². The predicted molar refractivity (Wildman–Crippen MR) is 78.5 cm³/mol. The van der Waals surface area contributed by atoms with E-state index >= 15 is 0 Å². The van der Waals surface area contributed by atoms with E-state index in [2.05, 4.69) is 18.3 Å². The van der Waals surface area contributed by atoms with Gasteiger partial charge in [0.05, 0.1) is 5.56 Å². The van der Waals surface area contributed by atoms with Crippen molar-refractivity contribution in [1.29, 1.82) is 0 Å². The van der Waals surface area contributed by atoms with E-state index in [0.29, 0.717) is 0 Å². The molecule has 0 radical (unpaired) electrons. The number of para-hydroxylation sites is 1. The molecule has 2 aromatic rings. The normalized spacial score (nSPS) is 18.1. The first-order chi connectivity index (χ1) is 9.31. The number of thiophene rings is 1. The largest absolute Gasteiger partial charge is 0.360 e. The van der Waals surface area contributed by atoms with Crippen molar-refractivity contribution in [3.8, 4) is 0 Å². The van der Waals surface area contributed by atoms with Gasteiger partial charge in [-0.15, -0.1) is 11.3 Å². The highest BCUT2D eigenvalue weighted by Gasteiger charge is 2.32. The summed E-state index contributed by atoms with van der Waals surface area (Å²) in [6, 6.07) is 11.8. The number of hydrogen-bond acceptors (Lipinski definition) is 3. The number of carbonyl (C=O) groups excluding carboxylic acids is 1. The third kappa shape index (κ3) is 2.12. The van der Waals surface area contributed by atoms with Gasteiger partial charge in [-0.05, 0) is 30.0 Å². The second-order valence-corrected chi connectivity index (χ2v) is 5.59. The number of nitrogens with one attached hydrogen (secondary N) is 1. The molecule has 0 fully saturated rings. The smallest absolute Gasteiger partial charge is 0.257 e. The fourth-order valence-electron chi connectivity index (χ4n) is 2.44. The van der Waals surface area contributed by atoms with Gasteiger partial charge in [0, 0.05) is 17.1 Å². The molecule has 0 bridgehead atoms. The molecule has 0 saturated heterocycles. The van der Waals surface area contributed by atoms with Crippen LogP contribution in [-0.4, -0.2) is 17.4 Å². The minimum Gasteiger partial charge on any atom is -0.360 e. The Hall–Kier alpha value is -1.81. The van der Waals surface area contributed by atoms with Crippen LogP contribution in [0, 0.1) is 0 Å². The standard InChI is InChI=1S/C15H16N2OS/c1-2-9-17-14(13-8-5-10-19-13)16-12-7-4-3-6-11(12)15(17)18/h3-8,10,14,16H,2,9H2,1H3. The molecule has 1 aliphatic rings. The first-order valence-corrected chi connectivity index (χ1v) is 7.39. The number of amides is 1. The Labute approximate surface area is 116 Å². The van der Waals surface area contributed by atoms with Crippen LogP contribution in [-0.2, 0) is 0 Å². The SMILES string of the molecule is CCCN1C(=O)c2ccccc2NC1c1cccs1.